The largest absolute Gasteiger partial charge is 0.245 e. The summed E-state index contributed by atoms with van der Waals surface area (Å²) in [5.41, 5.74) is 2.84. The van der Waals surface area contributed by atoms with Gasteiger partial charge in [-0.25, -0.2) is 4.98 Å². The van der Waals surface area contributed by atoms with Gasteiger partial charge in [0.2, 0.25) is 0 Å². The lowest BCUT2D eigenvalue weighted by atomic mass is 10.3. The van der Waals surface area contributed by atoms with Crippen molar-refractivity contribution in [3.63, 3.8) is 0 Å². The minimum absolute atomic E-state index is 0. The number of thiazole rings is 1. The molecule has 0 amide bonds. The predicted molar refractivity (Wildman–Crippen MR) is 51.9 cm³/mol. The summed E-state index contributed by atoms with van der Waals surface area (Å²) in [5.74, 6) is 0. The number of halogens is 2. The molecule has 0 unspecified atom stereocenters. The SMILES string of the molecule is Cl.Clc1ccc2ncsc2c1. The smallest absolute Gasteiger partial charge is 0.0813 e. The zero-order chi connectivity index (χ0) is 6.97. The molecule has 11 heavy (non-hydrogen) atoms. The second-order valence-electron chi connectivity index (χ2n) is 1.96. The van der Waals surface area contributed by atoms with Gasteiger partial charge in [-0.3, -0.25) is 0 Å². The van der Waals surface area contributed by atoms with Gasteiger partial charge >= 0.3 is 0 Å². The van der Waals surface area contributed by atoms with E-state index in [2.05, 4.69) is 4.98 Å². The number of hydrogen-bond donors (Lipinski definition) is 0. The fourth-order valence-electron chi connectivity index (χ4n) is 0.829. The van der Waals surface area contributed by atoms with E-state index in [0.29, 0.717) is 0 Å². The highest BCUT2D eigenvalue weighted by atomic mass is 35.5. The summed E-state index contributed by atoms with van der Waals surface area (Å²) >= 11 is 7.36. The van der Waals surface area contributed by atoms with Crippen LogP contribution in [0.2, 0.25) is 5.02 Å². The molecule has 1 aromatic heterocycles. The third-order valence-corrected chi connectivity index (χ3v) is 2.32. The second kappa shape index (κ2) is 3.39. The summed E-state index contributed by atoms with van der Waals surface area (Å²) < 4.78 is 1.15. The molecular weight excluding hydrogens is 201 g/mol. The van der Waals surface area contributed by atoms with E-state index < -0.39 is 0 Å². The third kappa shape index (κ3) is 1.64. The van der Waals surface area contributed by atoms with Crippen LogP contribution in [0, 0.1) is 0 Å². The van der Waals surface area contributed by atoms with E-state index in [0.717, 1.165) is 15.2 Å². The van der Waals surface area contributed by atoms with Crippen molar-refractivity contribution in [2.45, 2.75) is 0 Å². The maximum Gasteiger partial charge on any atom is 0.0813 e. The fourth-order valence-corrected chi connectivity index (χ4v) is 1.78. The van der Waals surface area contributed by atoms with E-state index in [9.17, 15) is 0 Å². The van der Waals surface area contributed by atoms with Crippen molar-refractivity contribution in [1.29, 1.82) is 0 Å². The van der Waals surface area contributed by atoms with Gasteiger partial charge in [-0.2, -0.15) is 0 Å². The Morgan fingerprint density at radius 3 is 3.00 bits per heavy atom. The number of fused-ring (bicyclic) bond motifs is 1. The Labute approximate surface area is 79.4 Å². The molecule has 2 rings (SSSR count). The molecule has 2 aromatic rings. The van der Waals surface area contributed by atoms with Gasteiger partial charge in [0.25, 0.3) is 0 Å². The van der Waals surface area contributed by atoms with Gasteiger partial charge in [-0.15, -0.1) is 23.7 Å². The maximum absolute atomic E-state index is 5.75. The average molecular weight is 206 g/mol. The van der Waals surface area contributed by atoms with Gasteiger partial charge in [0, 0.05) is 5.02 Å². The standard InChI is InChI=1S/C7H4ClNS.ClH/c8-5-1-2-6-7(3-5)10-4-9-6;/h1-4H;1H. The molecule has 1 heterocycles. The molecule has 0 aliphatic carbocycles. The molecule has 58 valence electrons. The van der Waals surface area contributed by atoms with E-state index >= 15 is 0 Å². The Balaban J connectivity index is 0.000000605. The molecule has 0 aliphatic heterocycles. The highest BCUT2D eigenvalue weighted by Gasteiger charge is 1.94. The number of nitrogens with zero attached hydrogens (tertiary/aromatic N) is 1. The molecule has 0 bridgehead atoms. The summed E-state index contributed by atoms with van der Waals surface area (Å²) in [7, 11) is 0. The molecule has 0 saturated carbocycles. The number of hydrogen-bond acceptors (Lipinski definition) is 2. The Morgan fingerprint density at radius 2 is 2.18 bits per heavy atom. The van der Waals surface area contributed by atoms with Crippen LogP contribution in [0.4, 0.5) is 0 Å². The molecule has 0 radical (unpaired) electrons. The highest BCUT2D eigenvalue weighted by Crippen LogP contribution is 2.21. The van der Waals surface area contributed by atoms with Gasteiger partial charge in [0.05, 0.1) is 15.7 Å². The maximum atomic E-state index is 5.75. The average Bonchev–Trinajstić information content (AvgIpc) is 2.33. The molecule has 0 N–H and O–H groups in total. The van der Waals surface area contributed by atoms with E-state index in [1.807, 2.05) is 23.7 Å². The number of rotatable bonds is 0. The summed E-state index contributed by atoms with van der Waals surface area (Å²) in [6, 6.07) is 5.70. The first kappa shape index (κ1) is 8.78. The molecule has 0 spiro atoms. The Bertz CT molecular complexity index is 358. The lowest BCUT2D eigenvalue weighted by Crippen LogP contribution is -1.64. The van der Waals surface area contributed by atoms with Crippen molar-refractivity contribution in [3.05, 3.63) is 28.7 Å². The molecule has 4 heteroatoms. The lowest BCUT2D eigenvalue weighted by molar-refractivity contribution is 1.50. The molecule has 0 atom stereocenters. The quantitative estimate of drug-likeness (QED) is 0.643. The van der Waals surface area contributed by atoms with Crippen LogP contribution in [-0.2, 0) is 0 Å². The van der Waals surface area contributed by atoms with Crippen molar-refractivity contribution >= 4 is 45.6 Å². The van der Waals surface area contributed by atoms with Gasteiger partial charge in [0.1, 0.15) is 0 Å². The topological polar surface area (TPSA) is 12.9 Å². The normalized spacial score (nSPS) is 9.55. The molecular formula is C7H5Cl2NS. The molecule has 0 saturated heterocycles. The fraction of sp³-hybridized carbons (Fsp3) is 0. The number of benzene rings is 1. The van der Waals surface area contributed by atoms with Gasteiger partial charge in [0.15, 0.2) is 0 Å². The second-order valence-corrected chi connectivity index (χ2v) is 3.29. The van der Waals surface area contributed by atoms with E-state index in [4.69, 9.17) is 11.6 Å². The van der Waals surface area contributed by atoms with Crippen LogP contribution in [0.15, 0.2) is 23.7 Å². The zero-order valence-electron chi connectivity index (χ0n) is 5.45. The summed E-state index contributed by atoms with van der Waals surface area (Å²) in [4.78, 5) is 4.12. The highest BCUT2D eigenvalue weighted by molar-refractivity contribution is 7.16. The van der Waals surface area contributed by atoms with Crippen LogP contribution in [0.3, 0.4) is 0 Å². The van der Waals surface area contributed by atoms with Crippen molar-refractivity contribution < 1.29 is 0 Å². The monoisotopic (exact) mass is 205 g/mol. The predicted octanol–water partition coefficient (Wildman–Crippen LogP) is 3.37. The minimum Gasteiger partial charge on any atom is -0.245 e. The van der Waals surface area contributed by atoms with Crippen molar-refractivity contribution in [1.82, 2.24) is 4.98 Å². The van der Waals surface area contributed by atoms with Crippen LogP contribution in [0.1, 0.15) is 0 Å². The summed E-state index contributed by atoms with van der Waals surface area (Å²) in [6.45, 7) is 0. The minimum atomic E-state index is 0. The molecule has 1 nitrogen and oxygen atoms in total. The van der Waals surface area contributed by atoms with E-state index in [-0.39, 0.29) is 12.4 Å². The third-order valence-electron chi connectivity index (χ3n) is 1.29. The first-order valence-corrected chi connectivity index (χ1v) is 4.11. The van der Waals surface area contributed by atoms with Crippen LogP contribution in [-0.4, -0.2) is 4.98 Å². The van der Waals surface area contributed by atoms with Gasteiger partial charge in [-0.05, 0) is 18.2 Å². The van der Waals surface area contributed by atoms with Crippen LogP contribution in [0.5, 0.6) is 0 Å². The Hall–Kier alpha value is -0.310. The van der Waals surface area contributed by atoms with E-state index in [1.54, 1.807) is 11.3 Å². The molecule has 1 aromatic carbocycles. The van der Waals surface area contributed by atoms with Crippen LogP contribution >= 0.6 is 35.3 Å². The first-order chi connectivity index (χ1) is 4.86. The van der Waals surface area contributed by atoms with Gasteiger partial charge in [-0.1, -0.05) is 11.6 Å². The van der Waals surface area contributed by atoms with Crippen molar-refractivity contribution in [3.8, 4) is 0 Å². The number of aromatic nitrogens is 1. The van der Waals surface area contributed by atoms with E-state index in [1.165, 1.54) is 0 Å². The Kier molecular flexibility index (Phi) is 2.71. The zero-order valence-corrected chi connectivity index (χ0v) is 7.84. The summed E-state index contributed by atoms with van der Waals surface area (Å²) in [6.07, 6.45) is 0. The molecule has 0 aliphatic rings. The Morgan fingerprint density at radius 1 is 1.36 bits per heavy atom. The van der Waals surface area contributed by atoms with Gasteiger partial charge < -0.3 is 0 Å². The first-order valence-electron chi connectivity index (χ1n) is 2.85. The van der Waals surface area contributed by atoms with Crippen LogP contribution < -0.4 is 0 Å². The molecule has 0 fully saturated rings. The lowest BCUT2D eigenvalue weighted by Gasteiger charge is -1.86. The van der Waals surface area contributed by atoms with Crippen molar-refractivity contribution in [2.75, 3.05) is 0 Å². The van der Waals surface area contributed by atoms with Crippen LogP contribution in [0.25, 0.3) is 10.2 Å². The van der Waals surface area contributed by atoms with Crippen molar-refractivity contribution in [2.24, 2.45) is 0 Å². The summed E-state index contributed by atoms with van der Waals surface area (Å²) in [5, 5.41) is 0.775.